The van der Waals surface area contributed by atoms with Crippen LogP contribution in [0.4, 0.5) is 26.3 Å². The number of nitrogens with two attached hydrogens (primary N) is 1. The number of hydrogen-bond donors (Lipinski definition) is 1. The predicted molar refractivity (Wildman–Crippen MR) is 49.3 cm³/mol. The summed E-state index contributed by atoms with van der Waals surface area (Å²) in [6.45, 7) is -0.787. The van der Waals surface area contributed by atoms with Gasteiger partial charge < -0.3 is 5.73 Å². The maximum atomic E-state index is 12.5. The molecule has 96 valence electrons. The summed E-state index contributed by atoms with van der Waals surface area (Å²) in [6, 6.07) is 3.12. The van der Waals surface area contributed by atoms with Crippen LogP contribution < -0.4 is 5.73 Å². The molecule has 17 heavy (non-hydrogen) atoms. The molecule has 2 N–H and O–H groups in total. The first-order valence-electron chi connectivity index (χ1n) is 4.60. The molecule has 7 heteroatoms. The molecular formula is C10H9F6N. The third-order valence-electron chi connectivity index (χ3n) is 2.25. The van der Waals surface area contributed by atoms with E-state index in [9.17, 15) is 26.3 Å². The maximum absolute atomic E-state index is 12.5. The van der Waals surface area contributed by atoms with E-state index >= 15 is 0 Å². The topological polar surface area (TPSA) is 26.0 Å². The van der Waals surface area contributed by atoms with Gasteiger partial charge in [0.15, 0.2) is 0 Å². The van der Waals surface area contributed by atoms with Gasteiger partial charge in [-0.3, -0.25) is 0 Å². The third kappa shape index (κ3) is 3.36. The Morgan fingerprint density at radius 2 is 1.65 bits per heavy atom. The van der Waals surface area contributed by atoms with Gasteiger partial charge in [0.2, 0.25) is 0 Å². The molecule has 1 nitrogen and oxygen atoms in total. The molecule has 0 aliphatic carbocycles. The standard InChI is InChI=1S/C10H9F6N/c11-9(12,13)7-3-1-2-6(4-7)8(5-17)10(14,15)16/h1-4,8H,5,17H2/t8-/m0/s1. The van der Waals surface area contributed by atoms with Crippen LogP contribution in [0, 0.1) is 0 Å². The first-order valence-corrected chi connectivity index (χ1v) is 4.60. The highest BCUT2D eigenvalue weighted by Crippen LogP contribution is 2.36. The van der Waals surface area contributed by atoms with E-state index in [1.807, 2.05) is 0 Å². The molecule has 0 aliphatic rings. The fourth-order valence-electron chi connectivity index (χ4n) is 1.39. The number of hydrogen-bond acceptors (Lipinski definition) is 1. The Balaban J connectivity index is 3.15. The van der Waals surface area contributed by atoms with E-state index in [1.165, 1.54) is 0 Å². The van der Waals surface area contributed by atoms with Crippen LogP contribution in [-0.4, -0.2) is 12.7 Å². The van der Waals surface area contributed by atoms with Gasteiger partial charge >= 0.3 is 12.4 Å². The molecule has 0 amide bonds. The highest BCUT2D eigenvalue weighted by atomic mass is 19.4. The third-order valence-corrected chi connectivity index (χ3v) is 2.25. The van der Waals surface area contributed by atoms with Crippen molar-refractivity contribution in [1.29, 1.82) is 0 Å². The van der Waals surface area contributed by atoms with Gasteiger partial charge in [0, 0.05) is 6.54 Å². The van der Waals surface area contributed by atoms with Crippen LogP contribution in [0.15, 0.2) is 24.3 Å². The summed E-state index contributed by atoms with van der Waals surface area (Å²) in [6.07, 6.45) is -9.32. The van der Waals surface area contributed by atoms with Crippen LogP contribution in [0.5, 0.6) is 0 Å². The van der Waals surface area contributed by atoms with E-state index < -0.39 is 35.9 Å². The molecule has 0 unspecified atom stereocenters. The molecule has 1 atom stereocenters. The Bertz CT molecular complexity index is 381. The van der Waals surface area contributed by atoms with Crippen molar-refractivity contribution in [1.82, 2.24) is 0 Å². The Kier molecular flexibility index (Phi) is 3.71. The quantitative estimate of drug-likeness (QED) is 0.808. The van der Waals surface area contributed by atoms with Crippen molar-refractivity contribution in [2.45, 2.75) is 18.3 Å². The van der Waals surface area contributed by atoms with Gasteiger partial charge in [-0.05, 0) is 11.6 Å². The van der Waals surface area contributed by atoms with Crippen LogP contribution in [-0.2, 0) is 6.18 Å². The van der Waals surface area contributed by atoms with Crippen molar-refractivity contribution in [3.05, 3.63) is 35.4 Å². The fraction of sp³-hybridized carbons (Fsp3) is 0.400. The van der Waals surface area contributed by atoms with E-state index in [1.54, 1.807) is 0 Å². The molecule has 0 fully saturated rings. The molecular weight excluding hydrogens is 248 g/mol. The fourth-order valence-corrected chi connectivity index (χ4v) is 1.39. The van der Waals surface area contributed by atoms with E-state index in [0.717, 1.165) is 12.1 Å². The summed E-state index contributed by atoms with van der Waals surface area (Å²) in [4.78, 5) is 0. The molecule has 0 bridgehead atoms. The van der Waals surface area contributed by atoms with Crippen LogP contribution in [0.2, 0.25) is 0 Å². The van der Waals surface area contributed by atoms with Gasteiger partial charge in [0.1, 0.15) is 0 Å². The number of rotatable bonds is 2. The lowest BCUT2D eigenvalue weighted by molar-refractivity contribution is -0.149. The number of halogens is 6. The van der Waals surface area contributed by atoms with Crippen molar-refractivity contribution in [2.24, 2.45) is 5.73 Å². The van der Waals surface area contributed by atoms with Crippen molar-refractivity contribution < 1.29 is 26.3 Å². The Labute approximate surface area is 93.2 Å². The first kappa shape index (κ1) is 13.8. The van der Waals surface area contributed by atoms with Gasteiger partial charge in [0.05, 0.1) is 11.5 Å². The van der Waals surface area contributed by atoms with Crippen molar-refractivity contribution in [3.63, 3.8) is 0 Å². The van der Waals surface area contributed by atoms with Gasteiger partial charge in [-0.2, -0.15) is 26.3 Å². The van der Waals surface area contributed by atoms with Crippen LogP contribution in [0.1, 0.15) is 17.0 Å². The highest BCUT2D eigenvalue weighted by molar-refractivity contribution is 5.29. The van der Waals surface area contributed by atoms with Crippen LogP contribution in [0.25, 0.3) is 0 Å². The normalized spacial score (nSPS) is 14.8. The molecule has 0 spiro atoms. The second kappa shape index (κ2) is 4.56. The molecule has 0 radical (unpaired) electrons. The minimum Gasteiger partial charge on any atom is -0.330 e. The molecule has 0 aromatic heterocycles. The lowest BCUT2D eigenvalue weighted by Gasteiger charge is -2.19. The van der Waals surface area contributed by atoms with Crippen LogP contribution in [0.3, 0.4) is 0 Å². The summed E-state index contributed by atoms with van der Waals surface area (Å²) < 4.78 is 74.4. The highest BCUT2D eigenvalue weighted by Gasteiger charge is 2.40. The molecule has 0 aliphatic heterocycles. The van der Waals surface area contributed by atoms with Crippen molar-refractivity contribution >= 4 is 0 Å². The zero-order valence-electron chi connectivity index (χ0n) is 8.44. The molecule has 0 saturated carbocycles. The minimum absolute atomic E-state index is 0.477. The SMILES string of the molecule is NC[C@@H](c1cccc(C(F)(F)F)c1)C(F)(F)F. The molecule has 1 aromatic carbocycles. The van der Waals surface area contributed by atoms with Crippen molar-refractivity contribution in [3.8, 4) is 0 Å². The summed E-state index contributed by atoms with van der Waals surface area (Å²) in [5.41, 5.74) is 3.36. The zero-order valence-corrected chi connectivity index (χ0v) is 8.44. The summed E-state index contributed by atoms with van der Waals surface area (Å²) in [5.74, 6) is -2.08. The Hall–Kier alpha value is -1.24. The summed E-state index contributed by atoms with van der Waals surface area (Å²) in [5, 5.41) is 0. The largest absolute Gasteiger partial charge is 0.416 e. The van der Waals surface area contributed by atoms with E-state index in [2.05, 4.69) is 0 Å². The smallest absolute Gasteiger partial charge is 0.330 e. The first-order chi connectivity index (χ1) is 7.66. The maximum Gasteiger partial charge on any atom is 0.416 e. The van der Waals surface area contributed by atoms with Gasteiger partial charge in [0.25, 0.3) is 0 Å². The molecule has 0 heterocycles. The van der Waals surface area contributed by atoms with E-state index in [4.69, 9.17) is 5.73 Å². The minimum atomic E-state index is -4.67. The monoisotopic (exact) mass is 257 g/mol. The molecule has 1 aromatic rings. The average Bonchev–Trinajstić information content (AvgIpc) is 2.15. The summed E-state index contributed by atoms with van der Waals surface area (Å²) >= 11 is 0. The molecule has 0 saturated heterocycles. The second-order valence-electron chi connectivity index (χ2n) is 3.45. The predicted octanol–water partition coefficient (Wildman–Crippen LogP) is 3.31. The molecule has 1 rings (SSSR count). The van der Waals surface area contributed by atoms with E-state index in [-0.39, 0.29) is 0 Å². The van der Waals surface area contributed by atoms with Crippen molar-refractivity contribution in [2.75, 3.05) is 6.54 Å². The second-order valence-corrected chi connectivity index (χ2v) is 3.45. The number of alkyl halides is 6. The number of benzene rings is 1. The Morgan fingerprint density at radius 1 is 1.06 bits per heavy atom. The van der Waals surface area contributed by atoms with E-state index in [0.29, 0.717) is 12.1 Å². The lowest BCUT2D eigenvalue weighted by Crippen LogP contribution is -2.28. The van der Waals surface area contributed by atoms with Gasteiger partial charge in [-0.15, -0.1) is 0 Å². The zero-order chi connectivity index (χ0) is 13.3. The van der Waals surface area contributed by atoms with Gasteiger partial charge in [-0.25, -0.2) is 0 Å². The lowest BCUT2D eigenvalue weighted by atomic mass is 9.97. The summed E-state index contributed by atoms with van der Waals surface area (Å²) in [7, 11) is 0. The Morgan fingerprint density at radius 3 is 2.06 bits per heavy atom. The van der Waals surface area contributed by atoms with Crippen LogP contribution >= 0.6 is 0 Å². The van der Waals surface area contributed by atoms with Gasteiger partial charge in [-0.1, -0.05) is 18.2 Å². The average molecular weight is 257 g/mol.